The highest BCUT2D eigenvalue weighted by molar-refractivity contribution is 5.44. The Bertz CT molecular complexity index is 392. The molecule has 1 atom stereocenters. The minimum absolute atomic E-state index is 0.0738. The zero-order chi connectivity index (χ0) is 13.5. The summed E-state index contributed by atoms with van der Waals surface area (Å²) in [5.74, 6) is 1.88. The molecular weight excluding hydrogens is 245 g/mol. The second-order valence-electron chi connectivity index (χ2n) is 4.72. The number of hydrogen-bond donors (Lipinski definition) is 1. The minimum atomic E-state index is -0.486. The highest BCUT2D eigenvalue weighted by Crippen LogP contribution is 2.33. The van der Waals surface area contributed by atoms with Gasteiger partial charge in [0, 0.05) is 6.54 Å². The third-order valence-electron chi connectivity index (χ3n) is 3.37. The van der Waals surface area contributed by atoms with E-state index in [1.807, 2.05) is 19.1 Å². The smallest absolute Gasteiger partial charge is 0.161 e. The van der Waals surface area contributed by atoms with Gasteiger partial charge in [0.25, 0.3) is 0 Å². The number of benzene rings is 1. The fraction of sp³-hybridized carbons (Fsp3) is 0.600. The Morgan fingerprint density at radius 3 is 2.89 bits per heavy atom. The van der Waals surface area contributed by atoms with E-state index in [9.17, 15) is 4.39 Å². The van der Waals surface area contributed by atoms with Gasteiger partial charge in [-0.1, -0.05) is 6.07 Å². The molecule has 1 fully saturated rings. The zero-order valence-corrected chi connectivity index (χ0v) is 11.5. The average Bonchev–Trinajstić information content (AvgIpc) is 2.47. The Morgan fingerprint density at radius 1 is 1.32 bits per heavy atom. The molecule has 1 unspecified atom stereocenters. The average molecular weight is 267 g/mol. The topological polar surface area (TPSA) is 30.5 Å². The van der Waals surface area contributed by atoms with Crippen LogP contribution >= 0.6 is 0 Å². The first kappa shape index (κ1) is 14.1. The maximum absolute atomic E-state index is 12.2. The van der Waals surface area contributed by atoms with Gasteiger partial charge in [0.1, 0.15) is 13.3 Å². The lowest BCUT2D eigenvalue weighted by atomic mass is 9.91. The van der Waals surface area contributed by atoms with Crippen LogP contribution in [0.15, 0.2) is 18.2 Å². The maximum Gasteiger partial charge on any atom is 0.161 e. The van der Waals surface area contributed by atoms with E-state index < -0.39 is 6.67 Å². The Hall–Kier alpha value is -1.29. The molecule has 0 radical (unpaired) electrons. The molecule has 2 rings (SSSR count). The number of ether oxygens (including phenoxy) is 2. The SMILES string of the molecule is CCOc1cc(C2CCCNC2)ccc1OCCF. The van der Waals surface area contributed by atoms with E-state index >= 15 is 0 Å². The van der Waals surface area contributed by atoms with Crippen molar-refractivity contribution >= 4 is 0 Å². The first-order chi connectivity index (χ1) is 9.35. The third-order valence-corrected chi connectivity index (χ3v) is 3.37. The molecule has 0 amide bonds. The van der Waals surface area contributed by atoms with Crippen molar-refractivity contribution in [1.29, 1.82) is 0 Å². The highest BCUT2D eigenvalue weighted by atomic mass is 19.1. The molecule has 0 saturated carbocycles. The summed E-state index contributed by atoms with van der Waals surface area (Å²) in [6.07, 6.45) is 2.40. The van der Waals surface area contributed by atoms with Crippen LogP contribution in [0.1, 0.15) is 31.2 Å². The van der Waals surface area contributed by atoms with Gasteiger partial charge in [-0.2, -0.15) is 0 Å². The Labute approximate surface area is 114 Å². The summed E-state index contributed by atoms with van der Waals surface area (Å²) in [5.41, 5.74) is 1.27. The summed E-state index contributed by atoms with van der Waals surface area (Å²) in [5, 5.41) is 3.41. The molecule has 1 saturated heterocycles. The van der Waals surface area contributed by atoms with Crippen LogP contribution < -0.4 is 14.8 Å². The predicted octanol–water partition coefficient (Wildman–Crippen LogP) is 2.90. The molecule has 3 nitrogen and oxygen atoms in total. The monoisotopic (exact) mass is 267 g/mol. The molecule has 1 N–H and O–H groups in total. The van der Waals surface area contributed by atoms with Crippen molar-refractivity contribution in [1.82, 2.24) is 5.32 Å². The van der Waals surface area contributed by atoms with E-state index in [2.05, 4.69) is 11.4 Å². The summed E-state index contributed by atoms with van der Waals surface area (Å²) in [7, 11) is 0. The second kappa shape index (κ2) is 7.34. The number of rotatable bonds is 6. The largest absolute Gasteiger partial charge is 0.490 e. The summed E-state index contributed by atoms with van der Waals surface area (Å²) < 4.78 is 23.2. The molecule has 0 aromatic heterocycles. The van der Waals surface area contributed by atoms with Crippen molar-refractivity contribution in [2.75, 3.05) is 33.0 Å². The van der Waals surface area contributed by atoms with Crippen molar-refractivity contribution in [3.05, 3.63) is 23.8 Å². The molecule has 19 heavy (non-hydrogen) atoms. The molecule has 4 heteroatoms. The van der Waals surface area contributed by atoms with Gasteiger partial charge in [-0.15, -0.1) is 0 Å². The zero-order valence-electron chi connectivity index (χ0n) is 11.5. The number of halogens is 1. The number of hydrogen-bond acceptors (Lipinski definition) is 3. The van der Waals surface area contributed by atoms with E-state index in [-0.39, 0.29) is 6.61 Å². The Balaban J connectivity index is 2.14. The Kier molecular flexibility index (Phi) is 5.45. The summed E-state index contributed by atoms with van der Waals surface area (Å²) in [6, 6.07) is 5.99. The second-order valence-corrected chi connectivity index (χ2v) is 4.72. The van der Waals surface area contributed by atoms with Gasteiger partial charge >= 0.3 is 0 Å². The fourth-order valence-electron chi connectivity index (χ4n) is 2.45. The summed E-state index contributed by atoms with van der Waals surface area (Å²) >= 11 is 0. The summed E-state index contributed by atoms with van der Waals surface area (Å²) in [6.45, 7) is 4.22. The van der Waals surface area contributed by atoms with Crippen LogP contribution in [0, 0.1) is 0 Å². The van der Waals surface area contributed by atoms with Crippen molar-refractivity contribution in [3.8, 4) is 11.5 Å². The van der Waals surface area contributed by atoms with Gasteiger partial charge in [-0.3, -0.25) is 0 Å². The molecule has 106 valence electrons. The standard InChI is InChI=1S/C15H22FNO2/c1-2-18-15-10-12(13-4-3-8-17-11-13)5-6-14(15)19-9-7-16/h5-6,10,13,17H,2-4,7-9,11H2,1H3. The van der Waals surface area contributed by atoms with Gasteiger partial charge in [-0.05, 0) is 49.9 Å². The van der Waals surface area contributed by atoms with Crippen LogP contribution in [-0.2, 0) is 0 Å². The molecule has 0 spiro atoms. The number of nitrogens with one attached hydrogen (secondary N) is 1. The molecule has 1 heterocycles. The van der Waals surface area contributed by atoms with E-state index in [1.54, 1.807) is 0 Å². The van der Waals surface area contributed by atoms with Crippen LogP contribution in [-0.4, -0.2) is 33.0 Å². The lowest BCUT2D eigenvalue weighted by Crippen LogP contribution is -2.28. The number of piperidine rings is 1. The number of alkyl halides is 1. The molecule has 1 aromatic carbocycles. The maximum atomic E-state index is 12.2. The predicted molar refractivity (Wildman–Crippen MR) is 73.9 cm³/mol. The van der Waals surface area contributed by atoms with Crippen molar-refractivity contribution in [2.24, 2.45) is 0 Å². The highest BCUT2D eigenvalue weighted by Gasteiger charge is 2.17. The van der Waals surface area contributed by atoms with E-state index in [1.165, 1.54) is 18.4 Å². The van der Waals surface area contributed by atoms with Gasteiger partial charge in [0.2, 0.25) is 0 Å². The van der Waals surface area contributed by atoms with E-state index in [0.29, 0.717) is 18.3 Å². The molecule has 1 aliphatic rings. The van der Waals surface area contributed by atoms with Crippen LogP contribution in [0.4, 0.5) is 4.39 Å². The minimum Gasteiger partial charge on any atom is -0.490 e. The molecule has 1 aliphatic heterocycles. The Morgan fingerprint density at radius 2 is 2.21 bits per heavy atom. The molecular formula is C15H22FNO2. The normalized spacial score (nSPS) is 19.2. The quantitative estimate of drug-likeness (QED) is 0.859. The van der Waals surface area contributed by atoms with Crippen molar-refractivity contribution < 1.29 is 13.9 Å². The first-order valence-electron chi connectivity index (χ1n) is 7.01. The fourth-order valence-corrected chi connectivity index (χ4v) is 2.45. The van der Waals surface area contributed by atoms with Crippen molar-refractivity contribution in [3.63, 3.8) is 0 Å². The van der Waals surface area contributed by atoms with Crippen molar-refractivity contribution in [2.45, 2.75) is 25.7 Å². The lowest BCUT2D eigenvalue weighted by molar-refractivity contribution is 0.251. The molecule has 0 aliphatic carbocycles. The molecule has 0 bridgehead atoms. The van der Waals surface area contributed by atoms with E-state index in [4.69, 9.17) is 9.47 Å². The first-order valence-corrected chi connectivity index (χ1v) is 7.01. The van der Waals surface area contributed by atoms with Gasteiger partial charge in [-0.25, -0.2) is 4.39 Å². The van der Waals surface area contributed by atoms with Crippen LogP contribution in [0.2, 0.25) is 0 Å². The van der Waals surface area contributed by atoms with E-state index in [0.717, 1.165) is 18.8 Å². The molecule has 1 aromatic rings. The lowest BCUT2D eigenvalue weighted by Gasteiger charge is -2.24. The van der Waals surface area contributed by atoms with Gasteiger partial charge in [0.15, 0.2) is 11.5 Å². The third kappa shape index (κ3) is 3.83. The van der Waals surface area contributed by atoms with Crippen LogP contribution in [0.5, 0.6) is 11.5 Å². The summed E-state index contributed by atoms with van der Waals surface area (Å²) in [4.78, 5) is 0. The van der Waals surface area contributed by atoms with Crippen LogP contribution in [0.3, 0.4) is 0 Å². The van der Waals surface area contributed by atoms with Gasteiger partial charge in [0.05, 0.1) is 6.61 Å². The van der Waals surface area contributed by atoms with Crippen LogP contribution in [0.25, 0.3) is 0 Å². The van der Waals surface area contributed by atoms with Gasteiger partial charge < -0.3 is 14.8 Å².